The molecule has 2 aromatic rings. The molecule has 0 aliphatic carbocycles. The van der Waals surface area contributed by atoms with Crippen LogP contribution in [0.3, 0.4) is 0 Å². The molecule has 5 nitrogen and oxygen atoms in total. The van der Waals surface area contributed by atoms with Crippen molar-refractivity contribution in [2.24, 2.45) is 5.41 Å². The van der Waals surface area contributed by atoms with E-state index in [1.54, 1.807) is 6.20 Å². The topological polar surface area (TPSA) is 59.0 Å². The maximum Gasteiger partial charge on any atom is 0.231 e. The molecule has 2 N–H and O–H groups in total. The van der Waals surface area contributed by atoms with Crippen molar-refractivity contribution in [1.82, 2.24) is 15.1 Å². The zero-order chi connectivity index (χ0) is 15.4. The van der Waals surface area contributed by atoms with Crippen molar-refractivity contribution in [1.29, 1.82) is 0 Å². The van der Waals surface area contributed by atoms with E-state index in [0.29, 0.717) is 6.54 Å². The molecule has 0 saturated carbocycles. The van der Waals surface area contributed by atoms with Crippen molar-refractivity contribution in [2.75, 3.05) is 18.4 Å². The molecular formula is C17H22N4O. The van der Waals surface area contributed by atoms with Crippen LogP contribution in [0.4, 0.5) is 5.69 Å². The van der Waals surface area contributed by atoms with E-state index in [4.69, 9.17) is 0 Å². The third-order valence-corrected chi connectivity index (χ3v) is 4.22. The molecular weight excluding hydrogens is 276 g/mol. The molecule has 1 fully saturated rings. The van der Waals surface area contributed by atoms with Crippen molar-refractivity contribution in [3.63, 3.8) is 0 Å². The second-order valence-electron chi connectivity index (χ2n) is 6.21. The first kappa shape index (κ1) is 14.8. The van der Waals surface area contributed by atoms with Gasteiger partial charge in [0.1, 0.15) is 0 Å². The smallest absolute Gasteiger partial charge is 0.231 e. The van der Waals surface area contributed by atoms with Gasteiger partial charge in [-0.05, 0) is 31.9 Å². The van der Waals surface area contributed by atoms with E-state index >= 15 is 0 Å². The number of hydrogen-bond donors (Lipinski definition) is 2. The van der Waals surface area contributed by atoms with Crippen LogP contribution in [0, 0.1) is 5.41 Å². The number of piperidine rings is 1. The SMILES string of the molecule is CC1(C(=O)Nc2cnn(Cc3ccccc3)c2)CCCNC1. The first-order valence-electron chi connectivity index (χ1n) is 7.74. The summed E-state index contributed by atoms with van der Waals surface area (Å²) in [7, 11) is 0. The Morgan fingerprint density at radius 3 is 2.95 bits per heavy atom. The van der Waals surface area contributed by atoms with Crippen molar-refractivity contribution < 1.29 is 4.79 Å². The summed E-state index contributed by atoms with van der Waals surface area (Å²) in [5, 5.41) is 10.6. The van der Waals surface area contributed by atoms with Gasteiger partial charge in [-0.3, -0.25) is 9.48 Å². The van der Waals surface area contributed by atoms with Crippen molar-refractivity contribution in [3.8, 4) is 0 Å². The summed E-state index contributed by atoms with van der Waals surface area (Å²) in [5.41, 5.74) is 1.61. The van der Waals surface area contributed by atoms with Gasteiger partial charge in [-0.15, -0.1) is 0 Å². The van der Waals surface area contributed by atoms with Crippen molar-refractivity contribution >= 4 is 11.6 Å². The summed E-state index contributed by atoms with van der Waals surface area (Å²) in [4.78, 5) is 12.5. The van der Waals surface area contributed by atoms with E-state index in [0.717, 1.165) is 31.6 Å². The number of anilines is 1. The van der Waals surface area contributed by atoms with Crippen LogP contribution in [-0.4, -0.2) is 28.8 Å². The molecule has 1 aromatic carbocycles. The third kappa shape index (κ3) is 3.36. The van der Waals surface area contributed by atoms with Gasteiger partial charge in [-0.25, -0.2) is 0 Å². The Morgan fingerprint density at radius 1 is 1.41 bits per heavy atom. The predicted molar refractivity (Wildman–Crippen MR) is 86.6 cm³/mol. The highest BCUT2D eigenvalue weighted by molar-refractivity contribution is 5.95. The van der Waals surface area contributed by atoms with Gasteiger partial charge in [-0.2, -0.15) is 5.10 Å². The Morgan fingerprint density at radius 2 is 2.23 bits per heavy atom. The number of nitrogens with zero attached hydrogens (tertiary/aromatic N) is 2. The lowest BCUT2D eigenvalue weighted by atomic mass is 9.82. The first-order chi connectivity index (χ1) is 10.7. The molecule has 0 spiro atoms. The van der Waals surface area contributed by atoms with Gasteiger partial charge in [0.15, 0.2) is 0 Å². The first-order valence-corrected chi connectivity index (χ1v) is 7.74. The number of rotatable bonds is 4. The molecule has 116 valence electrons. The lowest BCUT2D eigenvalue weighted by molar-refractivity contribution is -0.125. The van der Waals surface area contributed by atoms with Crippen molar-refractivity contribution in [2.45, 2.75) is 26.3 Å². The van der Waals surface area contributed by atoms with Gasteiger partial charge in [0.25, 0.3) is 0 Å². The number of carbonyl (C=O) groups is 1. The fourth-order valence-corrected chi connectivity index (χ4v) is 2.82. The largest absolute Gasteiger partial charge is 0.323 e. The number of carbonyl (C=O) groups excluding carboxylic acids is 1. The van der Waals surface area contributed by atoms with Crippen LogP contribution in [0.1, 0.15) is 25.3 Å². The number of nitrogens with one attached hydrogen (secondary N) is 2. The molecule has 5 heteroatoms. The fraction of sp³-hybridized carbons (Fsp3) is 0.412. The summed E-state index contributed by atoms with van der Waals surface area (Å²) in [6.45, 7) is 4.45. The van der Waals surface area contributed by atoms with E-state index in [1.807, 2.05) is 36.0 Å². The van der Waals surface area contributed by atoms with E-state index in [2.05, 4.69) is 27.9 Å². The Bertz CT molecular complexity index is 629. The molecule has 3 rings (SSSR count). The zero-order valence-corrected chi connectivity index (χ0v) is 12.9. The summed E-state index contributed by atoms with van der Waals surface area (Å²) in [6, 6.07) is 10.2. The second kappa shape index (κ2) is 6.32. The minimum atomic E-state index is -0.334. The van der Waals surface area contributed by atoms with Crippen LogP contribution in [0.5, 0.6) is 0 Å². The minimum absolute atomic E-state index is 0.0685. The molecule has 0 bridgehead atoms. The average Bonchev–Trinajstić information content (AvgIpc) is 2.96. The monoisotopic (exact) mass is 298 g/mol. The Hall–Kier alpha value is -2.14. The average molecular weight is 298 g/mol. The number of amides is 1. The fourth-order valence-electron chi connectivity index (χ4n) is 2.82. The van der Waals surface area contributed by atoms with Crippen LogP contribution in [0.2, 0.25) is 0 Å². The molecule has 2 heterocycles. The Labute approximate surface area is 130 Å². The maximum absolute atomic E-state index is 12.5. The Kier molecular flexibility index (Phi) is 4.24. The van der Waals surface area contributed by atoms with E-state index in [9.17, 15) is 4.79 Å². The lowest BCUT2D eigenvalue weighted by Crippen LogP contribution is -2.45. The van der Waals surface area contributed by atoms with Crippen LogP contribution in [0.25, 0.3) is 0 Å². The molecule has 1 aromatic heterocycles. The van der Waals surface area contributed by atoms with Crippen LogP contribution < -0.4 is 10.6 Å². The van der Waals surface area contributed by atoms with Gasteiger partial charge in [0, 0.05) is 12.7 Å². The predicted octanol–water partition coefficient (Wildman–Crippen LogP) is 2.26. The summed E-state index contributed by atoms with van der Waals surface area (Å²) < 4.78 is 1.84. The highest BCUT2D eigenvalue weighted by Gasteiger charge is 2.34. The minimum Gasteiger partial charge on any atom is -0.323 e. The Balaban J connectivity index is 1.63. The van der Waals surface area contributed by atoms with E-state index in [-0.39, 0.29) is 11.3 Å². The quantitative estimate of drug-likeness (QED) is 0.910. The van der Waals surface area contributed by atoms with Gasteiger partial charge < -0.3 is 10.6 Å². The van der Waals surface area contributed by atoms with Gasteiger partial charge in [-0.1, -0.05) is 30.3 Å². The molecule has 0 radical (unpaired) electrons. The summed E-state index contributed by atoms with van der Waals surface area (Å²) in [6.07, 6.45) is 5.55. The number of benzene rings is 1. The van der Waals surface area contributed by atoms with Crippen molar-refractivity contribution in [3.05, 3.63) is 48.3 Å². The van der Waals surface area contributed by atoms with Crippen LogP contribution in [-0.2, 0) is 11.3 Å². The maximum atomic E-state index is 12.5. The standard InChI is InChI=1S/C17H22N4O/c1-17(8-5-9-18-13-17)16(22)20-15-10-19-21(12-15)11-14-6-3-2-4-7-14/h2-4,6-7,10,12,18H,5,8-9,11,13H2,1H3,(H,20,22). The highest BCUT2D eigenvalue weighted by Crippen LogP contribution is 2.27. The zero-order valence-electron chi connectivity index (χ0n) is 12.9. The van der Waals surface area contributed by atoms with Gasteiger partial charge >= 0.3 is 0 Å². The number of aromatic nitrogens is 2. The highest BCUT2D eigenvalue weighted by atomic mass is 16.2. The van der Waals surface area contributed by atoms with E-state index < -0.39 is 0 Å². The van der Waals surface area contributed by atoms with Crippen LogP contribution >= 0.6 is 0 Å². The summed E-state index contributed by atoms with van der Waals surface area (Å²) in [5.74, 6) is 0.0685. The molecule has 1 aliphatic rings. The second-order valence-corrected chi connectivity index (χ2v) is 6.21. The van der Waals surface area contributed by atoms with E-state index in [1.165, 1.54) is 5.56 Å². The number of hydrogen-bond acceptors (Lipinski definition) is 3. The lowest BCUT2D eigenvalue weighted by Gasteiger charge is -2.32. The molecule has 1 amide bonds. The molecule has 1 saturated heterocycles. The summed E-state index contributed by atoms with van der Waals surface area (Å²) >= 11 is 0. The molecule has 1 atom stereocenters. The molecule has 22 heavy (non-hydrogen) atoms. The van der Waals surface area contributed by atoms with Crippen LogP contribution in [0.15, 0.2) is 42.7 Å². The molecule has 1 aliphatic heterocycles. The third-order valence-electron chi connectivity index (χ3n) is 4.22. The normalized spacial score (nSPS) is 21.5. The van der Waals surface area contributed by atoms with Gasteiger partial charge in [0.05, 0.1) is 23.8 Å². The molecule has 1 unspecified atom stereocenters. The van der Waals surface area contributed by atoms with Gasteiger partial charge in [0.2, 0.25) is 5.91 Å².